The molecule has 130 valence electrons. The summed E-state index contributed by atoms with van der Waals surface area (Å²) in [6, 6.07) is 5.98. The average molecular weight is 365 g/mol. The second-order valence-corrected chi connectivity index (χ2v) is 7.56. The molecule has 0 saturated heterocycles. The lowest BCUT2D eigenvalue weighted by molar-refractivity contribution is -0.142. The lowest BCUT2D eigenvalue weighted by Gasteiger charge is -2.18. The van der Waals surface area contributed by atoms with Crippen LogP contribution in [0.3, 0.4) is 0 Å². The molecule has 1 atom stereocenters. The molecular weight excluding hydrogens is 350 g/mol. The Morgan fingerprint density at radius 2 is 2.27 bits per heavy atom. The zero-order valence-electron chi connectivity index (χ0n) is 13.7. The van der Waals surface area contributed by atoms with Crippen LogP contribution >= 0.6 is 11.3 Å². The van der Waals surface area contributed by atoms with Crippen LogP contribution in [-0.4, -0.2) is 31.2 Å². The van der Waals surface area contributed by atoms with Crippen LogP contribution in [0.5, 0.6) is 0 Å². The molecule has 26 heavy (non-hydrogen) atoms. The van der Waals surface area contributed by atoms with E-state index in [2.05, 4.69) is 25.5 Å². The van der Waals surface area contributed by atoms with E-state index in [0.717, 1.165) is 43.9 Å². The lowest BCUT2D eigenvalue weighted by Crippen LogP contribution is -2.21. The Balaban J connectivity index is 1.57. The van der Waals surface area contributed by atoms with E-state index >= 15 is 0 Å². The highest BCUT2D eigenvalue weighted by atomic mass is 32.1. The van der Waals surface area contributed by atoms with E-state index < -0.39 is 5.97 Å². The molecule has 8 heteroatoms. The van der Waals surface area contributed by atoms with E-state index in [9.17, 15) is 9.90 Å². The molecule has 0 fully saturated rings. The van der Waals surface area contributed by atoms with Crippen LogP contribution in [0.1, 0.15) is 16.9 Å². The summed E-state index contributed by atoms with van der Waals surface area (Å²) in [5, 5.41) is 21.7. The number of hydrogen-bond acceptors (Lipinski definition) is 6. The Hall–Kier alpha value is -3.00. The van der Waals surface area contributed by atoms with Crippen LogP contribution in [-0.2, 0) is 17.6 Å². The molecule has 0 saturated carbocycles. The fourth-order valence-electron chi connectivity index (χ4n) is 3.57. The van der Waals surface area contributed by atoms with E-state index in [0.29, 0.717) is 12.8 Å². The van der Waals surface area contributed by atoms with Gasteiger partial charge in [0.15, 0.2) is 0 Å². The molecule has 0 spiro atoms. The van der Waals surface area contributed by atoms with E-state index in [1.807, 2.05) is 18.2 Å². The molecule has 0 unspecified atom stereocenters. The smallest absolute Gasteiger partial charge is 0.306 e. The van der Waals surface area contributed by atoms with Gasteiger partial charge < -0.3 is 10.4 Å². The Kier molecular flexibility index (Phi) is 3.39. The number of carbonyl (C=O) groups is 1. The first kappa shape index (κ1) is 15.3. The van der Waals surface area contributed by atoms with Crippen molar-refractivity contribution >= 4 is 49.9 Å². The normalized spacial score (nSPS) is 16.7. The second-order valence-electron chi connectivity index (χ2n) is 6.48. The van der Waals surface area contributed by atoms with Crippen molar-refractivity contribution in [3.63, 3.8) is 0 Å². The number of nitrogens with zero attached hydrogens (tertiary/aromatic N) is 3. The number of thiophene rings is 1. The number of aromatic nitrogens is 4. The molecule has 3 aromatic heterocycles. The number of aryl methyl sites for hydroxylation is 1. The third-order valence-electron chi connectivity index (χ3n) is 4.90. The number of hydrogen-bond donors (Lipinski definition) is 3. The molecular formula is C18H15N5O2S. The molecule has 7 nitrogen and oxygen atoms in total. The maximum Gasteiger partial charge on any atom is 0.306 e. The highest BCUT2D eigenvalue weighted by Gasteiger charge is 2.28. The van der Waals surface area contributed by atoms with Gasteiger partial charge in [-0.2, -0.15) is 5.10 Å². The number of aromatic amines is 1. The number of H-pyrrole nitrogens is 1. The van der Waals surface area contributed by atoms with Crippen molar-refractivity contribution in [1.29, 1.82) is 0 Å². The number of anilines is 2. The summed E-state index contributed by atoms with van der Waals surface area (Å²) in [6.07, 6.45) is 5.32. The van der Waals surface area contributed by atoms with Crippen molar-refractivity contribution in [3.8, 4) is 0 Å². The van der Waals surface area contributed by atoms with E-state index in [4.69, 9.17) is 0 Å². The first-order valence-corrected chi connectivity index (χ1v) is 9.19. The molecule has 1 aliphatic rings. The van der Waals surface area contributed by atoms with E-state index in [-0.39, 0.29) is 5.92 Å². The summed E-state index contributed by atoms with van der Waals surface area (Å²) in [5.41, 5.74) is 3.10. The summed E-state index contributed by atoms with van der Waals surface area (Å²) >= 11 is 1.58. The molecule has 0 amide bonds. The van der Waals surface area contributed by atoms with Gasteiger partial charge in [-0.1, -0.05) is 0 Å². The Morgan fingerprint density at radius 1 is 1.35 bits per heavy atom. The summed E-state index contributed by atoms with van der Waals surface area (Å²) in [7, 11) is 0. The van der Waals surface area contributed by atoms with E-state index in [1.54, 1.807) is 23.9 Å². The van der Waals surface area contributed by atoms with E-state index in [1.165, 1.54) is 5.56 Å². The first-order chi connectivity index (χ1) is 12.7. The zero-order chi connectivity index (χ0) is 17.7. The summed E-state index contributed by atoms with van der Waals surface area (Å²) in [5.74, 6) is -0.251. The van der Waals surface area contributed by atoms with Gasteiger partial charge in [0.05, 0.1) is 23.0 Å². The summed E-state index contributed by atoms with van der Waals surface area (Å²) in [4.78, 5) is 22.2. The minimum absolute atomic E-state index is 0.302. The van der Waals surface area contributed by atoms with Crippen LogP contribution in [0.4, 0.5) is 11.5 Å². The molecule has 0 bridgehead atoms. The highest BCUT2D eigenvalue weighted by molar-refractivity contribution is 7.19. The lowest BCUT2D eigenvalue weighted by atomic mass is 9.88. The van der Waals surface area contributed by atoms with Crippen LogP contribution in [0, 0.1) is 5.92 Å². The van der Waals surface area contributed by atoms with Gasteiger partial charge in [-0.3, -0.25) is 9.89 Å². The van der Waals surface area contributed by atoms with Crippen molar-refractivity contribution in [2.75, 3.05) is 5.32 Å². The van der Waals surface area contributed by atoms with Gasteiger partial charge in [-0.05, 0) is 43.0 Å². The van der Waals surface area contributed by atoms with Crippen LogP contribution in [0.25, 0.3) is 21.1 Å². The van der Waals surface area contributed by atoms with Crippen molar-refractivity contribution in [2.45, 2.75) is 19.3 Å². The number of carboxylic acids is 1. The minimum Gasteiger partial charge on any atom is -0.481 e. The first-order valence-electron chi connectivity index (χ1n) is 8.37. The van der Waals surface area contributed by atoms with Crippen LogP contribution in [0.15, 0.2) is 30.7 Å². The number of benzene rings is 1. The monoisotopic (exact) mass is 365 g/mol. The van der Waals surface area contributed by atoms with Gasteiger partial charge in [-0.15, -0.1) is 11.3 Å². The Labute approximate surface area is 152 Å². The van der Waals surface area contributed by atoms with Gasteiger partial charge in [0.25, 0.3) is 0 Å². The van der Waals surface area contributed by atoms with Gasteiger partial charge >= 0.3 is 5.97 Å². The largest absolute Gasteiger partial charge is 0.481 e. The Morgan fingerprint density at radius 3 is 3.15 bits per heavy atom. The molecule has 3 N–H and O–H groups in total. The maximum atomic E-state index is 11.3. The second kappa shape index (κ2) is 5.77. The van der Waals surface area contributed by atoms with Gasteiger partial charge in [-0.25, -0.2) is 9.97 Å². The predicted molar refractivity (Wildman–Crippen MR) is 99.9 cm³/mol. The average Bonchev–Trinajstić information content (AvgIpc) is 3.25. The number of nitrogens with one attached hydrogen (secondary N) is 2. The third-order valence-corrected chi connectivity index (χ3v) is 6.06. The van der Waals surface area contributed by atoms with Gasteiger partial charge in [0.1, 0.15) is 17.0 Å². The molecule has 1 aromatic carbocycles. The van der Waals surface area contributed by atoms with Crippen molar-refractivity contribution in [1.82, 2.24) is 20.2 Å². The van der Waals surface area contributed by atoms with Crippen molar-refractivity contribution in [2.24, 2.45) is 5.92 Å². The molecule has 5 rings (SSSR count). The zero-order valence-corrected chi connectivity index (χ0v) is 14.5. The standard InChI is InChI=1S/C18H15N5O2S/c24-18(25)9-1-3-12-14(6-9)26-17-15(12)16(19-8-20-17)22-11-2-4-13-10(5-11)7-21-23-13/h2,4-5,7-9H,1,3,6H2,(H,21,23)(H,24,25)(H,19,20,22)/t9-/m0/s1. The molecule has 0 aliphatic heterocycles. The number of rotatable bonds is 3. The van der Waals surface area contributed by atoms with Crippen molar-refractivity contribution < 1.29 is 9.90 Å². The summed E-state index contributed by atoms with van der Waals surface area (Å²) in [6.45, 7) is 0. The highest BCUT2D eigenvalue weighted by Crippen LogP contribution is 2.40. The number of aliphatic carboxylic acids is 1. The molecule has 1 aliphatic carbocycles. The fourth-order valence-corrected chi connectivity index (χ4v) is 4.84. The number of fused-ring (bicyclic) bond motifs is 4. The topological polar surface area (TPSA) is 104 Å². The Bertz CT molecular complexity index is 1150. The van der Waals surface area contributed by atoms with Gasteiger partial charge in [0.2, 0.25) is 0 Å². The van der Waals surface area contributed by atoms with Gasteiger partial charge in [0, 0.05) is 16.0 Å². The molecule has 3 heterocycles. The van der Waals surface area contributed by atoms with Crippen molar-refractivity contribution in [3.05, 3.63) is 41.2 Å². The minimum atomic E-state index is -0.717. The predicted octanol–water partition coefficient (Wildman–Crippen LogP) is 3.50. The van der Waals surface area contributed by atoms with Crippen LogP contribution in [0.2, 0.25) is 0 Å². The molecule has 0 radical (unpaired) electrons. The SMILES string of the molecule is O=C(O)[C@H]1CCc2c(sc3ncnc(Nc4ccc5[nH]ncc5c4)c23)C1. The maximum absolute atomic E-state index is 11.3. The fraction of sp³-hybridized carbons (Fsp3) is 0.222. The molecule has 4 aromatic rings. The number of carboxylic acid groups (broad SMARTS) is 1. The summed E-state index contributed by atoms with van der Waals surface area (Å²) < 4.78 is 0. The van der Waals surface area contributed by atoms with Crippen LogP contribution < -0.4 is 5.32 Å². The third kappa shape index (κ3) is 2.41. The quantitative estimate of drug-likeness (QED) is 0.513.